The van der Waals surface area contributed by atoms with E-state index in [1.807, 2.05) is 13.8 Å². The topological polar surface area (TPSA) is 99.1 Å². The van der Waals surface area contributed by atoms with Crippen LogP contribution in [0.3, 0.4) is 0 Å². The monoisotopic (exact) mass is 246 g/mol. The normalized spacial score (nSPS) is 20.8. The van der Waals surface area contributed by atoms with Gasteiger partial charge >= 0.3 is 12.0 Å². The number of aliphatic carboxylic acids is 1. The second kappa shape index (κ2) is 5.33. The number of urea groups is 1. The van der Waals surface area contributed by atoms with Crippen molar-refractivity contribution < 1.29 is 24.5 Å². The highest BCUT2D eigenvalue weighted by molar-refractivity contribution is 5.82. The van der Waals surface area contributed by atoms with E-state index in [2.05, 4.69) is 5.32 Å². The molecule has 1 aliphatic rings. The summed E-state index contributed by atoms with van der Waals surface area (Å²) >= 11 is 0. The van der Waals surface area contributed by atoms with Crippen LogP contribution in [0.15, 0.2) is 0 Å². The molecule has 0 aromatic carbocycles. The fourth-order valence-electron chi connectivity index (χ4n) is 1.62. The van der Waals surface area contributed by atoms with E-state index in [9.17, 15) is 9.59 Å². The van der Waals surface area contributed by atoms with E-state index in [0.29, 0.717) is 19.7 Å². The van der Waals surface area contributed by atoms with Gasteiger partial charge in [0.05, 0.1) is 25.4 Å². The van der Waals surface area contributed by atoms with E-state index in [4.69, 9.17) is 14.9 Å². The first-order valence-electron chi connectivity index (χ1n) is 5.39. The van der Waals surface area contributed by atoms with Crippen molar-refractivity contribution in [3.05, 3.63) is 0 Å². The molecule has 1 heterocycles. The van der Waals surface area contributed by atoms with Gasteiger partial charge in [0.1, 0.15) is 0 Å². The summed E-state index contributed by atoms with van der Waals surface area (Å²) in [6, 6.07) is -1.77. The van der Waals surface area contributed by atoms with Crippen LogP contribution in [-0.2, 0) is 9.53 Å². The molecule has 2 amide bonds. The van der Waals surface area contributed by atoms with Crippen molar-refractivity contribution in [3.63, 3.8) is 0 Å². The van der Waals surface area contributed by atoms with Gasteiger partial charge in [0.25, 0.3) is 0 Å². The van der Waals surface area contributed by atoms with Gasteiger partial charge in [0.15, 0.2) is 6.04 Å². The van der Waals surface area contributed by atoms with Crippen molar-refractivity contribution in [3.8, 4) is 0 Å². The average Bonchev–Trinajstić information content (AvgIpc) is 2.23. The lowest BCUT2D eigenvalue weighted by Crippen LogP contribution is -2.56. The molecule has 7 heteroatoms. The fourth-order valence-corrected chi connectivity index (χ4v) is 1.62. The average molecular weight is 246 g/mol. The molecule has 0 aromatic heterocycles. The Morgan fingerprint density at radius 1 is 1.53 bits per heavy atom. The molecule has 1 fully saturated rings. The van der Waals surface area contributed by atoms with Crippen molar-refractivity contribution in [1.82, 2.24) is 10.2 Å². The molecule has 17 heavy (non-hydrogen) atoms. The highest BCUT2D eigenvalue weighted by Crippen LogP contribution is 2.16. The Morgan fingerprint density at radius 3 is 2.65 bits per heavy atom. The van der Waals surface area contributed by atoms with Crippen LogP contribution in [0.25, 0.3) is 0 Å². The lowest BCUT2D eigenvalue weighted by Gasteiger charge is -2.38. The van der Waals surface area contributed by atoms with Crippen LogP contribution < -0.4 is 5.32 Å². The van der Waals surface area contributed by atoms with Crippen LogP contribution in [0.2, 0.25) is 0 Å². The Balaban J connectivity index is 2.55. The minimum absolute atomic E-state index is 0.386. The Morgan fingerprint density at radius 2 is 2.18 bits per heavy atom. The number of rotatable bonds is 3. The molecule has 0 aliphatic carbocycles. The summed E-state index contributed by atoms with van der Waals surface area (Å²) in [5.74, 6) is -1.26. The molecule has 0 bridgehead atoms. The van der Waals surface area contributed by atoms with E-state index < -0.39 is 30.3 Å². The first-order chi connectivity index (χ1) is 7.85. The number of carboxylic acid groups (broad SMARTS) is 1. The lowest BCUT2D eigenvalue weighted by atomic mass is 10.1. The largest absolute Gasteiger partial charge is 0.480 e. The van der Waals surface area contributed by atoms with Gasteiger partial charge in [0, 0.05) is 6.54 Å². The summed E-state index contributed by atoms with van der Waals surface area (Å²) in [6.07, 6.45) is 0. The summed E-state index contributed by atoms with van der Waals surface area (Å²) in [7, 11) is 0. The summed E-state index contributed by atoms with van der Waals surface area (Å²) in [6.45, 7) is 4.29. The Labute approximate surface area is 99.4 Å². The van der Waals surface area contributed by atoms with E-state index >= 15 is 0 Å². The minimum Gasteiger partial charge on any atom is -0.480 e. The van der Waals surface area contributed by atoms with Gasteiger partial charge in [-0.3, -0.25) is 0 Å². The van der Waals surface area contributed by atoms with Crippen LogP contribution >= 0.6 is 0 Å². The third kappa shape index (κ3) is 3.86. The number of carbonyl (C=O) groups is 2. The van der Waals surface area contributed by atoms with Gasteiger partial charge in [-0.25, -0.2) is 9.59 Å². The second-order valence-electron chi connectivity index (χ2n) is 4.55. The van der Waals surface area contributed by atoms with Gasteiger partial charge < -0.3 is 25.2 Å². The van der Waals surface area contributed by atoms with Gasteiger partial charge in [-0.1, -0.05) is 0 Å². The molecule has 0 aromatic rings. The van der Waals surface area contributed by atoms with Crippen LogP contribution in [0.5, 0.6) is 0 Å². The molecule has 1 atom stereocenters. The van der Waals surface area contributed by atoms with Gasteiger partial charge in [0.2, 0.25) is 0 Å². The summed E-state index contributed by atoms with van der Waals surface area (Å²) < 4.78 is 5.44. The van der Waals surface area contributed by atoms with Crippen molar-refractivity contribution in [2.24, 2.45) is 0 Å². The molecule has 0 saturated carbocycles. The van der Waals surface area contributed by atoms with Crippen LogP contribution in [0, 0.1) is 0 Å². The number of aliphatic hydroxyl groups excluding tert-OH is 1. The first-order valence-corrected chi connectivity index (χ1v) is 5.39. The minimum atomic E-state index is -1.27. The predicted octanol–water partition coefficient (Wildman–Crippen LogP) is -0.748. The molecule has 0 unspecified atom stereocenters. The molecule has 0 radical (unpaired) electrons. The molecule has 1 rings (SSSR count). The van der Waals surface area contributed by atoms with E-state index in [1.165, 1.54) is 4.90 Å². The Bertz CT molecular complexity index is 305. The number of aliphatic hydroxyl groups is 1. The van der Waals surface area contributed by atoms with Gasteiger partial charge in [-0.15, -0.1) is 0 Å². The van der Waals surface area contributed by atoms with Crippen molar-refractivity contribution in [2.75, 3.05) is 26.3 Å². The first kappa shape index (κ1) is 13.7. The fraction of sp³-hybridized carbons (Fsp3) is 0.800. The number of nitrogens with one attached hydrogen (secondary N) is 1. The number of carboxylic acids is 1. The number of morpholine rings is 1. The lowest BCUT2D eigenvalue weighted by molar-refractivity contribution is -0.140. The zero-order valence-electron chi connectivity index (χ0n) is 9.97. The quantitative estimate of drug-likeness (QED) is 0.608. The maximum atomic E-state index is 11.7. The van der Waals surface area contributed by atoms with Crippen molar-refractivity contribution >= 4 is 12.0 Å². The molecular weight excluding hydrogens is 228 g/mol. The molecule has 98 valence electrons. The highest BCUT2D eigenvalue weighted by atomic mass is 16.5. The second-order valence-corrected chi connectivity index (χ2v) is 4.55. The number of amides is 2. The molecule has 1 saturated heterocycles. The summed E-state index contributed by atoms with van der Waals surface area (Å²) in [5.41, 5.74) is -0.437. The van der Waals surface area contributed by atoms with E-state index in [0.717, 1.165) is 0 Å². The van der Waals surface area contributed by atoms with Crippen molar-refractivity contribution in [1.29, 1.82) is 0 Å². The highest BCUT2D eigenvalue weighted by Gasteiger charge is 2.31. The van der Waals surface area contributed by atoms with Crippen LogP contribution in [0.4, 0.5) is 4.79 Å². The summed E-state index contributed by atoms with van der Waals surface area (Å²) in [4.78, 5) is 23.9. The third-order valence-electron chi connectivity index (χ3n) is 2.49. The Hall–Kier alpha value is -1.34. The maximum Gasteiger partial charge on any atom is 0.328 e. The Kier molecular flexibility index (Phi) is 4.30. The maximum absolute atomic E-state index is 11.7. The van der Waals surface area contributed by atoms with Gasteiger partial charge in [-0.2, -0.15) is 0 Å². The van der Waals surface area contributed by atoms with Crippen molar-refractivity contribution in [2.45, 2.75) is 25.5 Å². The van der Waals surface area contributed by atoms with E-state index in [1.54, 1.807) is 0 Å². The van der Waals surface area contributed by atoms with Crippen LogP contribution in [-0.4, -0.2) is 65.1 Å². The van der Waals surface area contributed by atoms with Crippen LogP contribution in [0.1, 0.15) is 13.8 Å². The third-order valence-corrected chi connectivity index (χ3v) is 2.49. The standard InChI is InChI=1S/C10H18N2O5/c1-10(2)6-12(3-4-17-10)9(16)11-7(5-13)8(14)15/h7,13H,3-6H2,1-2H3,(H,11,16)(H,14,15)/t7-/m0/s1. The number of ether oxygens (including phenoxy) is 1. The smallest absolute Gasteiger partial charge is 0.328 e. The zero-order chi connectivity index (χ0) is 13.1. The SMILES string of the molecule is CC1(C)CN(C(=O)N[C@@H](CO)C(=O)O)CCO1. The molecule has 7 nitrogen and oxygen atoms in total. The zero-order valence-corrected chi connectivity index (χ0v) is 9.97. The molecule has 1 aliphatic heterocycles. The molecule has 3 N–H and O–H groups in total. The number of carbonyl (C=O) groups excluding carboxylic acids is 1. The predicted molar refractivity (Wildman–Crippen MR) is 58.6 cm³/mol. The molecular formula is C10H18N2O5. The number of hydrogen-bond acceptors (Lipinski definition) is 4. The number of hydrogen-bond donors (Lipinski definition) is 3. The molecule has 0 spiro atoms. The van der Waals surface area contributed by atoms with Gasteiger partial charge in [-0.05, 0) is 13.8 Å². The summed E-state index contributed by atoms with van der Waals surface area (Å²) in [5, 5.41) is 19.8. The van der Waals surface area contributed by atoms with E-state index in [-0.39, 0.29) is 0 Å². The number of nitrogens with zero attached hydrogens (tertiary/aromatic N) is 1.